The van der Waals surface area contributed by atoms with Gasteiger partial charge < -0.3 is 20.1 Å². The zero-order valence-electron chi connectivity index (χ0n) is 10.9. The Morgan fingerprint density at radius 2 is 1.85 bits per heavy atom. The van der Waals surface area contributed by atoms with E-state index in [9.17, 15) is 18.4 Å². The number of rotatable bonds is 5. The first-order valence-electron chi connectivity index (χ1n) is 5.57. The summed E-state index contributed by atoms with van der Waals surface area (Å²) in [6, 6.07) is 2.51. The minimum absolute atomic E-state index is 0.0646. The molecule has 0 bridgehead atoms. The van der Waals surface area contributed by atoms with Crippen LogP contribution in [0.15, 0.2) is 18.2 Å². The largest absolute Gasteiger partial charge is 0.354 e. The van der Waals surface area contributed by atoms with Gasteiger partial charge in [0.15, 0.2) is 6.29 Å². The highest BCUT2D eigenvalue weighted by Crippen LogP contribution is 2.14. The van der Waals surface area contributed by atoms with Crippen molar-refractivity contribution >= 4 is 17.5 Å². The molecule has 0 aliphatic carbocycles. The number of ether oxygens (including phenoxy) is 2. The van der Waals surface area contributed by atoms with Crippen molar-refractivity contribution < 1.29 is 27.8 Å². The lowest BCUT2D eigenvalue weighted by Crippen LogP contribution is -2.40. The summed E-state index contributed by atoms with van der Waals surface area (Å²) in [5, 5.41) is 4.18. The van der Waals surface area contributed by atoms with E-state index in [1.807, 2.05) is 5.32 Å². The van der Waals surface area contributed by atoms with Crippen LogP contribution in [0.2, 0.25) is 0 Å². The number of carbonyl (C=O) groups is 2. The lowest BCUT2D eigenvalue weighted by atomic mass is 10.3. The maximum Gasteiger partial charge on any atom is 0.313 e. The molecule has 0 atom stereocenters. The fourth-order valence-electron chi connectivity index (χ4n) is 1.29. The van der Waals surface area contributed by atoms with Crippen LogP contribution in [0.25, 0.3) is 0 Å². The van der Waals surface area contributed by atoms with Crippen molar-refractivity contribution in [1.29, 1.82) is 0 Å². The highest BCUT2D eigenvalue weighted by molar-refractivity contribution is 6.39. The monoisotopic (exact) mass is 288 g/mol. The Balaban J connectivity index is 2.57. The Hall–Kier alpha value is -2.06. The number of hydrogen-bond acceptors (Lipinski definition) is 4. The molecule has 0 radical (unpaired) electrons. The molecule has 2 amide bonds. The van der Waals surface area contributed by atoms with Crippen molar-refractivity contribution in [2.24, 2.45) is 0 Å². The standard InChI is InChI=1S/C12H14F2N2O4/c1-19-10(20-2)6-15-11(17)12(18)16-9-5-7(13)3-4-8(9)14/h3-5,10H,6H2,1-2H3,(H,15,17)(H,16,18). The molecule has 1 rings (SSSR count). The molecule has 0 aliphatic heterocycles. The van der Waals surface area contributed by atoms with E-state index >= 15 is 0 Å². The molecule has 2 N–H and O–H groups in total. The van der Waals surface area contributed by atoms with Crippen molar-refractivity contribution in [3.8, 4) is 0 Å². The zero-order valence-corrected chi connectivity index (χ0v) is 10.9. The maximum absolute atomic E-state index is 13.3. The predicted octanol–water partition coefficient (Wildman–Crippen LogP) is 0.638. The van der Waals surface area contributed by atoms with E-state index in [4.69, 9.17) is 9.47 Å². The minimum atomic E-state index is -1.12. The normalized spacial score (nSPS) is 10.4. The van der Waals surface area contributed by atoms with Crippen LogP contribution >= 0.6 is 0 Å². The van der Waals surface area contributed by atoms with Crippen molar-refractivity contribution in [3.63, 3.8) is 0 Å². The smallest absolute Gasteiger partial charge is 0.313 e. The third kappa shape index (κ3) is 4.56. The molecule has 6 nitrogen and oxygen atoms in total. The Bertz CT molecular complexity index is 492. The second-order valence-electron chi connectivity index (χ2n) is 3.69. The van der Waals surface area contributed by atoms with Gasteiger partial charge in [0.1, 0.15) is 11.6 Å². The molecule has 8 heteroatoms. The van der Waals surface area contributed by atoms with Gasteiger partial charge in [-0.2, -0.15) is 0 Å². The van der Waals surface area contributed by atoms with Gasteiger partial charge in [-0.05, 0) is 12.1 Å². The molecule has 0 heterocycles. The fraction of sp³-hybridized carbons (Fsp3) is 0.333. The summed E-state index contributed by atoms with van der Waals surface area (Å²) in [4.78, 5) is 22.9. The molecular weight excluding hydrogens is 274 g/mol. The Kier molecular flexibility index (Phi) is 6.01. The topological polar surface area (TPSA) is 76.7 Å². The molecule has 0 aliphatic rings. The first kappa shape index (κ1) is 16.0. The Morgan fingerprint density at radius 1 is 1.20 bits per heavy atom. The number of nitrogens with one attached hydrogen (secondary N) is 2. The fourth-order valence-corrected chi connectivity index (χ4v) is 1.29. The van der Waals surface area contributed by atoms with Gasteiger partial charge in [0.05, 0.1) is 12.2 Å². The highest BCUT2D eigenvalue weighted by atomic mass is 19.1. The van der Waals surface area contributed by atoms with Gasteiger partial charge in [-0.25, -0.2) is 8.78 Å². The number of amides is 2. The van der Waals surface area contributed by atoms with Crippen LogP contribution in [0, 0.1) is 11.6 Å². The van der Waals surface area contributed by atoms with Gasteiger partial charge >= 0.3 is 11.8 Å². The zero-order chi connectivity index (χ0) is 15.1. The third-order valence-corrected chi connectivity index (χ3v) is 2.34. The van der Waals surface area contributed by atoms with Crippen molar-refractivity contribution in [2.75, 3.05) is 26.1 Å². The quantitative estimate of drug-likeness (QED) is 0.616. The summed E-state index contributed by atoms with van der Waals surface area (Å²) in [5.74, 6) is -3.73. The minimum Gasteiger partial charge on any atom is -0.354 e. The summed E-state index contributed by atoms with van der Waals surface area (Å²) in [6.45, 7) is -0.0646. The van der Waals surface area contributed by atoms with Crippen LogP contribution in [0.1, 0.15) is 0 Å². The summed E-state index contributed by atoms with van der Waals surface area (Å²) < 4.78 is 35.8. The van der Waals surface area contributed by atoms with Crippen LogP contribution in [0.3, 0.4) is 0 Å². The molecule has 0 saturated heterocycles. The van der Waals surface area contributed by atoms with E-state index in [1.54, 1.807) is 0 Å². The van der Waals surface area contributed by atoms with Crippen molar-refractivity contribution in [3.05, 3.63) is 29.8 Å². The van der Waals surface area contributed by atoms with Crippen LogP contribution < -0.4 is 10.6 Å². The molecule has 0 spiro atoms. The number of benzene rings is 1. The predicted molar refractivity (Wildman–Crippen MR) is 65.8 cm³/mol. The summed E-state index contributed by atoms with van der Waals surface area (Å²) >= 11 is 0. The summed E-state index contributed by atoms with van der Waals surface area (Å²) in [6.07, 6.45) is -0.711. The molecule has 1 aromatic carbocycles. The Morgan fingerprint density at radius 3 is 2.45 bits per heavy atom. The molecule has 110 valence electrons. The van der Waals surface area contributed by atoms with E-state index in [0.717, 1.165) is 18.2 Å². The average molecular weight is 288 g/mol. The van der Waals surface area contributed by atoms with Gasteiger partial charge in [0, 0.05) is 20.3 Å². The second kappa shape index (κ2) is 7.51. The first-order valence-corrected chi connectivity index (χ1v) is 5.57. The third-order valence-electron chi connectivity index (χ3n) is 2.34. The van der Waals surface area contributed by atoms with Crippen LogP contribution in [0.4, 0.5) is 14.5 Å². The maximum atomic E-state index is 13.3. The number of methoxy groups -OCH3 is 2. The number of hydrogen-bond donors (Lipinski definition) is 2. The first-order chi connectivity index (χ1) is 9.47. The number of halogens is 2. The lowest BCUT2D eigenvalue weighted by molar-refractivity contribution is -0.139. The Labute approximate surface area is 114 Å². The van der Waals surface area contributed by atoms with Gasteiger partial charge in [-0.3, -0.25) is 9.59 Å². The van der Waals surface area contributed by atoms with E-state index in [2.05, 4.69) is 5.32 Å². The summed E-state index contributed by atoms with van der Waals surface area (Å²) in [7, 11) is 2.73. The summed E-state index contributed by atoms with van der Waals surface area (Å²) in [5.41, 5.74) is -0.416. The van der Waals surface area contributed by atoms with E-state index in [0.29, 0.717) is 0 Å². The highest BCUT2D eigenvalue weighted by Gasteiger charge is 2.17. The molecule has 0 saturated carbocycles. The van der Waals surface area contributed by atoms with Crippen molar-refractivity contribution in [1.82, 2.24) is 5.32 Å². The molecule has 0 fully saturated rings. The average Bonchev–Trinajstić information content (AvgIpc) is 2.43. The van der Waals surface area contributed by atoms with Gasteiger partial charge in [0.2, 0.25) is 0 Å². The van der Waals surface area contributed by atoms with E-state index in [-0.39, 0.29) is 6.54 Å². The van der Waals surface area contributed by atoms with E-state index in [1.165, 1.54) is 14.2 Å². The number of anilines is 1. The van der Waals surface area contributed by atoms with E-state index < -0.39 is 35.4 Å². The molecule has 20 heavy (non-hydrogen) atoms. The SMILES string of the molecule is COC(CNC(=O)C(=O)Nc1cc(F)ccc1F)OC. The van der Waals surface area contributed by atoms with Gasteiger partial charge in [-0.15, -0.1) is 0 Å². The van der Waals surface area contributed by atoms with Gasteiger partial charge in [-0.1, -0.05) is 0 Å². The second-order valence-corrected chi connectivity index (χ2v) is 3.69. The molecule has 0 unspecified atom stereocenters. The van der Waals surface area contributed by atoms with Crippen LogP contribution in [-0.4, -0.2) is 38.9 Å². The lowest BCUT2D eigenvalue weighted by Gasteiger charge is -2.13. The molecule has 0 aromatic heterocycles. The molecular formula is C12H14F2N2O4. The van der Waals surface area contributed by atoms with Crippen LogP contribution in [-0.2, 0) is 19.1 Å². The van der Waals surface area contributed by atoms with Gasteiger partial charge in [0.25, 0.3) is 0 Å². The van der Waals surface area contributed by atoms with Crippen molar-refractivity contribution in [2.45, 2.75) is 6.29 Å². The number of carbonyl (C=O) groups excluding carboxylic acids is 2. The van der Waals surface area contributed by atoms with Crippen LogP contribution in [0.5, 0.6) is 0 Å². The molecule has 1 aromatic rings.